The van der Waals surface area contributed by atoms with Gasteiger partial charge in [-0.3, -0.25) is 0 Å². The number of amides is 2. The number of urea groups is 1. The van der Waals surface area contributed by atoms with Crippen LogP contribution in [0.1, 0.15) is 13.8 Å². The van der Waals surface area contributed by atoms with Gasteiger partial charge in [0.25, 0.3) is 0 Å². The lowest BCUT2D eigenvalue weighted by Crippen LogP contribution is -2.45. The van der Waals surface area contributed by atoms with Gasteiger partial charge in [-0.05, 0) is 37.4 Å². The second-order valence-corrected chi connectivity index (χ2v) is 7.10. The maximum Gasteiger partial charge on any atom is 0.322 e. The molecule has 1 atom stereocenters. The molecule has 0 bridgehead atoms. The van der Waals surface area contributed by atoms with Crippen molar-refractivity contribution in [3.8, 4) is 5.75 Å². The minimum atomic E-state index is -0.900. The number of nitrogens with zero attached hydrogens (tertiary/aromatic N) is 1. The molecule has 29 heavy (non-hydrogen) atoms. The fourth-order valence-corrected chi connectivity index (χ4v) is 3.07. The molecule has 0 aromatic heterocycles. The van der Waals surface area contributed by atoms with Gasteiger partial charge in [0.15, 0.2) is 0 Å². The molecule has 3 aromatic rings. The molecule has 3 rings (SSSR count). The van der Waals surface area contributed by atoms with Crippen molar-refractivity contribution >= 4 is 22.5 Å². The van der Waals surface area contributed by atoms with Crippen LogP contribution in [0.25, 0.3) is 10.8 Å². The number of rotatable bonds is 7. The molecule has 0 aliphatic rings. The summed E-state index contributed by atoms with van der Waals surface area (Å²) in [5, 5.41) is 15.0. The number of fused-ring (bicyclic) bond motifs is 1. The van der Waals surface area contributed by atoms with Crippen molar-refractivity contribution in [1.29, 1.82) is 0 Å². The fourth-order valence-electron chi connectivity index (χ4n) is 3.07. The van der Waals surface area contributed by atoms with Crippen molar-refractivity contribution < 1.29 is 19.0 Å². The second-order valence-electron chi connectivity index (χ2n) is 7.10. The van der Waals surface area contributed by atoms with Gasteiger partial charge in [-0.25, -0.2) is 9.18 Å². The van der Waals surface area contributed by atoms with E-state index in [9.17, 15) is 14.3 Å². The number of aliphatic hydroxyl groups is 1. The molecule has 1 unspecified atom stereocenters. The highest BCUT2D eigenvalue weighted by atomic mass is 19.1. The molecule has 0 fully saturated rings. The van der Waals surface area contributed by atoms with Crippen LogP contribution in [-0.2, 0) is 0 Å². The van der Waals surface area contributed by atoms with Crippen molar-refractivity contribution in [2.45, 2.75) is 26.0 Å². The van der Waals surface area contributed by atoms with Crippen molar-refractivity contribution in [3.63, 3.8) is 0 Å². The Morgan fingerprint density at radius 2 is 1.76 bits per heavy atom. The van der Waals surface area contributed by atoms with E-state index in [1.165, 1.54) is 17.0 Å². The minimum Gasteiger partial charge on any atom is -0.490 e. The Kier molecular flexibility index (Phi) is 6.67. The molecule has 3 aromatic carbocycles. The Morgan fingerprint density at radius 1 is 1.07 bits per heavy atom. The number of benzene rings is 3. The zero-order chi connectivity index (χ0) is 20.8. The van der Waals surface area contributed by atoms with Crippen molar-refractivity contribution in [2.24, 2.45) is 0 Å². The minimum absolute atomic E-state index is 0.0320. The summed E-state index contributed by atoms with van der Waals surface area (Å²) in [6, 6.07) is 18.9. The zero-order valence-electron chi connectivity index (χ0n) is 16.5. The number of ether oxygens (including phenoxy) is 1. The molecule has 0 saturated carbocycles. The summed E-state index contributed by atoms with van der Waals surface area (Å²) in [6.45, 7) is 3.76. The summed E-state index contributed by atoms with van der Waals surface area (Å²) < 4.78 is 19.6. The smallest absolute Gasteiger partial charge is 0.322 e. The van der Waals surface area contributed by atoms with Crippen molar-refractivity contribution in [3.05, 3.63) is 72.5 Å². The largest absolute Gasteiger partial charge is 0.490 e. The third-order valence-corrected chi connectivity index (χ3v) is 4.59. The molecular weight excluding hydrogens is 371 g/mol. The van der Waals surface area contributed by atoms with Gasteiger partial charge in [-0.2, -0.15) is 0 Å². The summed E-state index contributed by atoms with van der Waals surface area (Å²) in [5.41, 5.74) is 0.102. The lowest BCUT2D eigenvalue weighted by atomic mass is 10.1. The van der Waals surface area contributed by atoms with E-state index < -0.39 is 18.0 Å². The number of hydrogen-bond donors (Lipinski definition) is 2. The lowest BCUT2D eigenvalue weighted by molar-refractivity contribution is 0.0722. The van der Waals surface area contributed by atoms with Crippen LogP contribution in [0.4, 0.5) is 14.9 Å². The van der Waals surface area contributed by atoms with Gasteiger partial charge < -0.3 is 20.1 Å². The molecule has 152 valence electrons. The first-order valence-corrected chi connectivity index (χ1v) is 9.56. The maximum atomic E-state index is 13.8. The highest BCUT2D eigenvalue weighted by Crippen LogP contribution is 2.25. The molecule has 0 radical (unpaired) electrons. The van der Waals surface area contributed by atoms with Gasteiger partial charge in [-0.1, -0.05) is 48.5 Å². The van der Waals surface area contributed by atoms with Gasteiger partial charge in [0, 0.05) is 11.4 Å². The lowest BCUT2D eigenvalue weighted by Gasteiger charge is -2.29. The molecule has 5 nitrogen and oxygen atoms in total. The number of carbonyl (C=O) groups excluding carboxylic acids is 1. The predicted molar refractivity (Wildman–Crippen MR) is 113 cm³/mol. The third kappa shape index (κ3) is 5.23. The van der Waals surface area contributed by atoms with Crippen LogP contribution in [-0.4, -0.2) is 41.3 Å². The van der Waals surface area contributed by atoms with Crippen LogP contribution in [0.2, 0.25) is 0 Å². The SMILES string of the molecule is CC(C)N(CC(O)COc1cccc2ccccc12)C(=O)Nc1ccccc1F. The van der Waals surface area contributed by atoms with E-state index in [0.717, 1.165) is 10.8 Å². The van der Waals surface area contributed by atoms with E-state index in [0.29, 0.717) is 5.75 Å². The average molecular weight is 396 g/mol. The van der Waals surface area contributed by atoms with Gasteiger partial charge in [0.1, 0.15) is 24.3 Å². The zero-order valence-corrected chi connectivity index (χ0v) is 16.5. The number of nitrogens with one attached hydrogen (secondary N) is 1. The van der Waals surface area contributed by atoms with Crippen LogP contribution in [0.15, 0.2) is 66.7 Å². The van der Waals surface area contributed by atoms with Gasteiger partial charge in [-0.15, -0.1) is 0 Å². The molecule has 6 heteroatoms. The Morgan fingerprint density at radius 3 is 2.52 bits per heavy atom. The van der Waals surface area contributed by atoms with Gasteiger partial charge in [0.2, 0.25) is 0 Å². The van der Waals surface area contributed by atoms with Crippen LogP contribution >= 0.6 is 0 Å². The van der Waals surface area contributed by atoms with E-state index >= 15 is 0 Å². The maximum absolute atomic E-state index is 13.8. The number of halogens is 1. The molecule has 2 amide bonds. The summed E-state index contributed by atoms with van der Waals surface area (Å²) in [7, 11) is 0. The van der Waals surface area contributed by atoms with Gasteiger partial charge in [0.05, 0.1) is 12.2 Å². The molecule has 2 N–H and O–H groups in total. The molecule has 0 heterocycles. The Labute approximate surface area is 169 Å². The van der Waals surface area contributed by atoms with Crippen molar-refractivity contribution in [2.75, 3.05) is 18.5 Å². The first-order chi connectivity index (χ1) is 14.0. The van der Waals surface area contributed by atoms with Crippen molar-refractivity contribution in [1.82, 2.24) is 4.90 Å². The first-order valence-electron chi connectivity index (χ1n) is 9.56. The van der Waals surface area contributed by atoms with E-state index in [2.05, 4.69) is 5.32 Å². The Bertz CT molecular complexity index is 972. The van der Waals surface area contributed by atoms with Gasteiger partial charge >= 0.3 is 6.03 Å². The fraction of sp³-hybridized carbons (Fsp3) is 0.261. The molecule has 0 aliphatic carbocycles. The second kappa shape index (κ2) is 9.39. The first kappa shape index (κ1) is 20.6. The highest BCUT2D eigenvalue weighted by molar-refractivity contribution is 5.90. The van der Waals surface area contributed by atoms with Crippen LogP contribution in [0.5, 0.6) is 5.75 Å². The monoisotopic (exact) mass is 396 g/mol. The topological polar surface area (TPSA) is 61.8 Å². The predicted octanol–water partition coefficient (Wildman–Crippen LogP) is 4.66. The summed E-state index contributed by atoms with van der Waals surface area (Å²) in [4.78, 5) is 14.0. The van der Waals surface area contributed by atoms with Crippen LogP contribution < -0.4 is 10.1 Å². The highest BCUT2D eigenvalue weighted by Gasteiger charge is 2.22. The molecule has 0 aliphatic heterocycles. The normalized spacial score (nSPS) is 12.0. The van der Waals surface area contributed by atoms with Crippen LogP contribution in [0, 0.1) is 5.82 Å². The Hall–Kier alpha value is -3.12. The van der Waals surface area contributed by atoms with E-state index in [4.69, 9.17) is 4.74 Å². The van der Waals surface area contributed by atoms with E-state index in [1.54, 1.807) is 12.1 Å². The standard InChI is InChI=1S/C23H25FN2O3/c1-16(2)26(23(28)25-21-12-6-5-11-20(21)24)14-18(27)15-29-22-13-7-9-17-8-3-4-10-19(17)22/h3-13,16,18,27H,14-15H2,1-2H3,(H,25,28). The average Bonchev–Trinajstić information content (AvgIpc) is 2.71. The number of aliphatic hydroxyl groups excluding tert-OH is 1. The Balaban J connectivity index is 1.62. The van der Waals surface area contributed by atoms with E-state index in [1.807, 2.05) is 56.3 Å². The summed E-state index contributed by atoms with van der Waals surface area (Å²) in [6.07, 6.45) is -0.900. The third-order valence-electron chi connectivity index (χ3n) is 4.59. The number of hydrogen-bond acceptors (Lipinski definition) is 3. The molecule has 0 saturated heterocycles. The molecule has 0 spiro atoms. The summed E-state index contributed by atoms with van der Waals surface area (Å²) in [5.74, 6) is 0.165. The number of anilines is 1. The summed E-state index contributed by atoms with van der Waals surface area (Å²) >= 11 is 0. The van der Waals surface area contributed by atoms with E-state index in [-0.39, 0.29) is 24.9 Å². The number of carbonyl (C=O) groups is 1. The molecular formula is C23H25FN2O3. The van der Waals surface area contributed by atoms with Crippen LogP contribution in [0.3, 0.4) is 0 Å². The number of para-hydroxylation sites is 1. The quantitative estimate of drug-likeness (QED) is 0.611.